The zero-order valence-corrected chi connectivity index (χ0v) is 10.0. The Hall–Kier alpha value is -0.813. The maximum absolute atomic E-state index is 8.96. The van der Waals surface area contributed by atoms with Gasteiger partial charge < -0.3 is 14.4 Å². The molecule has 4 nitrogen and oxygen atoms in total. The molecule has 1 N–H and O–H groups in total. The Bertz CT molecular complexity index is 281. The topological polar surface area (TPSA) is 47.3 Å². The van der Waals surface area contributed by atoms with Crippen LogP contribution in [0.4, 0.5) is 0 Å². The average Bonchev–Trinajstić information content (AvgIpc) is 2.44. The molecule has 0 aliphatic heterocycles. The molecule has 5 heteroatoms. The number of ether oxygens (including phenoxy) is 1. The molecule has 1 aromatic rings. The van der Waals surface area contributed by atoms with E-state index in [0.717, 1.165) is 12.7 Å². The minimum Gasteiger partial charge on any atom is -0.492 e. The van der Waals surface area contributed by atoms with Gasteiger partial charge in [0, 0.05) is 14.7 Å². The molecule has 0 aromatic carbocycles. The molecule has 0 saturated heterocycles. The number of aromatic nitrogens is 2. The van der Waals surface area contributed by atoms with Gasteiger partial charge in [-0.05, 0) is 6.04 Å². The van der Waals surface area contributed by atoms with Crippen molar-refractivity contribution >= 4 is 8.07 Å². The molecule has 0 bridgehead atoms. The maximum Gasteiger partial charge on any atom is 0.229 e. The number of rotatable bonds is 5. The maximum atomic E-state index is 8.96. The Morgan fingerprint density at radius 3 is 2.71 bits per heavy atom. The highest BCUT2D eigenvalue weighted by Gasteiger charge is 2.11. The first-order valence-electron chi connectivity index (χ1n) is 4.76. The van der Waals surface area contributed by atoms with E-state index >= 15 is 0 Å². The fourth-order valence-corrected chi connectivity index (χ4v) is 1.72. The lowest BCUT2D eigenvalue weighted by atomic mass is 10.8. The first-order valence-corrected chi connectivity index (χ1v) is 8.46. The number of aromatic hydroxyl groups is 1. The molecule has 14 heavy (non-hydrogen) atoms. The largest absolute Gasteiger partial charge is 0.492 e. The summed E-state index contributed by atoms with van der Waals surface area (Å²) in [4.78, 5) is 3.69. The van der Waals surface area contributed by atoms with Crippen molar-refractivity contribution < 1.29 is 9.84 Å². The van der Waals surface area contributed by atoms with Crippen LogP contribution < -0.4 is 0 Å². The summed E-state index contributed by atoms with van der Waals surface area (Å²) in [5.74, 6) is 0.0406. The van der Waals surface area contributed by atoms with Gasteiger partial charge in [0.25, 0.3) is 0 Å². The Morgan fingerprint density at radius 2 is 2.21 bits per heavy atom. The second-order valence-corrected chi connectivity index (χ2v) is 10.2. The zero-order chi connectivity index (χ0) is 10.6. The first kappa shape index (κ1) is 11.3. The van der Waals surface area contributed by atoms with Crippen molar-refractivity contribution in [3.8, 4) is 5.88 Å². The second-order valence-electron chi connectivity index (χ2n) is 4.59. The van der Waals surface area contributed by atoms with Crippen LogP contribution in [-0.4, -0.2) is 29.3 Å². The third-order valence-corrected chi connectivity index (χ3v) is 3.56. The molecule has 1 heterocycles. The summed E-state index contributed by atoms with van der Waals surface area (Å²) in [5.41, 5.74) is 0. The lowest BCUT2D eigenvalue weighted by Gasteiger charge is -2.15. The minimum atomic E-state index is -0.989. The van der Waals surface area contributed by atoms with Gasteiger partial charge in [-0.1, -0.05) is 19.6 Å². The molecule has 0 unspecified atom stereocenters. The standard InChI is InChI=1S/C9H18N2O2Si/c1-14(2,3)5-4-13-8-11-6-9(12)10-7-11/h6-7,12H,4-5,8H2,1-3H3. The fourth-order valence-electron chi connectivity index (χ4n) is 0.967. The minimum absolute atomic E-state index is 0.0406. The average molecular weight is 214 g/mol. The molecular weight excluding hydrogens is 196 g/mol. The van der Waals surface area contributed by atoms with E-state index in [-0.39, 0.29) is 5.88 Å². The summed E-state index contributed by atoms with van der Waals surface area (Å²) in [5, 5.41) is 8.96. The van der Waals surface area contributed by atoms with Crippen LogP contribution in [0.5, 0.6) is 5.88 Å². The summed E-state index contributed by atoms with van der Waals surface area (Å²) in [6.07, 6.45) is 3.11. The van der Waals surface area contributed by atoms with Gasteiger partial charge in [-0.3, -0.25) is 0 Å². The predicted molar refractivity (Wildman–Crippen MR) is 58.0 cm³/mol. The van der Waals surface area contributed by atoms with Crippen molar-refractivity contribution in [2.75, 3.05) is 6.61 Å². The quantitative estimate of drug-likeness (QED) is 0.601. The normalized spacial score (nSPS) is 11.9. The summed E-state index contributed by atoms with van der Waals surface area (Å²) in [6, 6.07) is 1.16. The first-order chi connectivity index (χ1) is 6.47. The SMILES string of the molecule is C[Si](C)(C)CCOCn1cnc(O)c1. The van der Waals surface area contributed by atoms with Crippen LogP contribution in [0.2, 0.25) is 25.7 Å². The predicted octanol–water partition coefficient (Wildman–Crippen LogP) is 1.90. The molecule has 0 saturated carbocycles. The van der Waals surface area contributed by atoms with E-state index < -0.39 is 8.07 Å². The van der Waals surface area contributed by atoms with E-state index in [0.29, 0.717) is 6.73 Å². The molecule has 0 spiro atoms. The van der Waals surface area contributed by atoms with Crippen molar-refractivity contribution in [2.24, 2.45) is 0 Å². The lowest BCUT2D eigenvalue weighted by molar-refractivity contribution is 0.0870. The van der Waals surface area contributed by atoms with Gasteiger partial charge in [0.05, 0.1) is 6.20 Å². The highest BCUT2D eigenvalue weighted by Crippen LogP contribution is 2.08. The van der Waals surface area contributed by atoms with Crippen LogP contribution in [0.1, 0.15) is 0 Å². The van der Waals surface area contributed by atoms with Crippen LogP contribution in [0.15, 0.2) is 12.5 Å². The summed E-state index contributed by atoms with van der Waals surface area (Å²) >= 11 is 0. The van der Waals surface area contributed by atoms with Gasteiger partial charge in [0.2, 0.25) is 5.88 Å². The van der Waals surface area contributed by atoms with Crippen molar-refractivity contribution in [3.05, 3.63) is 12.5 Å². The second kappa shape index (κ2) is 4.61. The third-order valence-electron chi connectivity index (χ3n) is 1.86. The van der Waals surface area contributed by atoms with Crippen molar-refractivity contribution in [1.29, 1.82) is 0 Å². The Labute approximate surface area is 85.5 Å². The molecule has 0 fully saturated rings. The molecule has 1 rings (SSSR count). The smallest absolute Gasteiger partial charge is 0.229 e. The highest BCUT2D eigenvalue weighted by atomic mass is 28.3. The third kappa shape index (κ3) is 4.43. The van der Waals surface area contributed by atoms with Gasteiger partial charge in [0.1, 0.15) is 13.1 Å². The van der Waals surface area contributed by atoms with Gasteiger partial charge in [-0.2, -0.15) is 0 Å². The Kier molecular flexibility index (Phi) is 3.71. The number of imidazole rings is 1. The van der Waals surface area contributed by atoms with Crippen molar-refractivity contribution in [2.45, 2.75) is 32.4 Å². The van der Waals surface area contributed by atoms with E-state index in [1.165, 1.54) is 0 Å². The molecular formula is C9H18N2O2Si. The molecule has 1 aromatic heterocycles. The van der Waals surface area contributed by atoms with E-state index in [1.54, 1.807) is 17.1 Å². The molecule has 0 amide bonds. The molecule has 0 aliphatic rings. The van der Waals surface area contributed by atoms with Gasteiger partial charge in [0.15, 0.2) is 0 Å². The van der Waals surface area contributed by atoms with Crippen LogP contribution >= 0.6 is 0 Å². The van der Waals surface area contributed by atoms with Crippen LogP contribution in [-0.2, 0) is 11.5 Å². The van der Waals surface area contributed by atoms with Crippen LogP contribution in [0.3, 0.4) is 0 Å². The van der Waals surface area contributed by atoms with E-state index in [2.05, 4.69) is 24.6 Å². The van der Waals surface area contributed by atoms with Crippen LogP contribution in [0, 0.1) is 0 Å². The van der Waals surface area contributed by atoms with Crippen molar-refractivity contribution in [1.82, 2.24) is 9.55 Å². The van der Waals surface area contributed by atoms with Crippen molar-refractivity contribution in [3.63, 3.8) is 0 Å². The summed E-state index contributed by atoms with van der Waals surface area (Å²) in [6.45, 7) is 8.21. The highest BCUT2D eigenvalue weighted by molar-refractivity contribution is 6.76. The zero-order valence-electron chi connectivity index (χ0n) is 9.03. The van der Waals surface area contributed by atoms with E-state index in [9.17, 15) is 0 Å². The number of hydrogen-bond donors (Lipinski definition) is 1. The summed E-state index contributed by atoms with van der Waals surface area (Å²) < 4.78 is 7.18. The van der Waals surface area contributed by atoms with E-state index in [1.807, 2.05) is 0 Å². The van der Waals surface area contributed by atoms with Crippen LogP contribution in [0.25, 0.3) is 0 Å². The monoisotopic (exact) mass is 214 g/mol. The summed E-state index contributed by atoms with van der Waals surface area (Å²) in [7, 11) is -0.989. The Morgan fingerprint density at radius 1 is 1.50 bits per heavy atom. The molecule has 0 aliphatic carbocycles. The number of nitrogens with zero attached hydrogens (tertiary/aromatic N) is 2. The molecule has 0 atom stereocenters. The van der Waals surface area contributed by atoms with Gasteiger partial charge in [-0.15, -0.1) is 0 Å². The van der Waals surface area contributed by atoms with E-state index in [4.69, 9.17) is 9.84 Å². The Balaban J connectivity index is 2.16. The molecule has 80 valence electrons. The number of hydrogen-bond acceptors (Lipinski definition) is 3. The van der Waals surface area contributed by atoms with Gasteiger partial charge >= 0.3 is 0 Å². The molecule has 0 radical (unpaired) electrons. The van der Waals surface area contributed by atoms with Gasteiger partial charge in [-0.25, -0.2) is 4.98 Å². The fraction of sp³-hybridized carbons (Fsp3) is 0.667. The lowest BCUT2D eigenvalue weighted by Crippen LogP contribution is -2.21.